The predicted octanol–water partition coefficient (Wildman–Crippen LogP) is 3.06. The Balaban J connectivity index is 0.00000120. The molecule has 1 N–H and O–H groups in total. The average Bonchev–Trinajstić information content (AvgIpc) is 2.74. The van der Waals surface area contributed by atoms with Gasteiger partial charge in [0.25, 0.3) is 0 Å². The summed E-state index contributed by atoms with van der Waals surface area (Å²) in [5.41, 5.74) is 0.755. The molecule has 2 nitrogen and oxygen atoms in total. The van der Waals surface area contributed by atoms with Crippen LogP contribution in [0.25, 0.3) is 0 Å². The Hall–Kier alpha value is 0.210. The van der Waals surface area contributed by atoms with Crippen molar-refractivity contribution in [2.75, 3.05) is 32.7 Å². The van der Waals surface area contributed by atoms with Crippen molar-refractivity contribution in [3.05, 3.63) is 0 Å². The van der Waals surface area contributed by atoms with E-state index in [9.17, 15) is 0 Å². The minimum atomic E-state index is 0. The van der Waals surface area contributed by atoms with Crippen LogP contribution >= 0.6 is 12.4 Å². The number of rotatable bonds is 2. The lowest BCUT2D eigenvalue weighted by atomic mass is 9.73. The highest BCUT2D eigenvalue weighted by Crippen LogP contribution is 2.43. The zero-order valence-electron chi connectivity index (χ0n) is 11.6. The van der Waals surface area contributed by atoms with Crippen molar-refractivity contribution in [2.45, 2.75) is 51.4 Å². The summed E-state index contributed by atoms with van der Waals surface area (Å²) < 4.78 is 0. The van der Waals surface area contributed by atoms with Gasteiger partial charge in [-0.05, 0) is 63.1 Å². The van der Waals surface area contributed by atoms with E-state index in [4.69, 9.17) is 0 Å². The van der Waals surface area contributed by atoms with E-state index in [-0.39, 0.29) is 12.4 Å². The molecule has 0 aromatic rings. The van der Waals surface area contributed by atoms with Crippen molar-refractivity contribution >= 4 is 12.4 Å². The third-order valence-corrected chi connectivity index (χ3v) is 5.41. The van der Waals surface area contributed by atoms with Crippen LogP contribution in [0.15, 0.2) is 0 Å². The van der Waals surface area contributed by atoms with E-state index in [1.807, 2.05) is 0 Å². The van der Waals surface area contributed by atoms with E-state index >= 15 is 0 Å². The zero-order chi connectivity index (χ0) is 11.6. The monoisotopic (exact) mass is 272 g/mol. The fourth-order valence-corrected chi connectivity index (χ4v) is 4.32. The standard InChI is InChI=1S/C15H28N2.ClH/c1-2-6-15(7-3-1)8-11-17(13-15)12-14-4-9-16-10-5-14;/h14,16H,1-13H2;1H. The van der Waals surface area contributed by atoms with Gasteiger partial charge in [-0.3, -0.25) is 0 Å². The molecular weight excluding hydrogens is 244 g/mol. The van der Waals surface area contributed by atoms with Crippen LogP contribution in [0.2, 0.25) is 0 Å². The molecule has 2 saturated heterocycles. The highest BCUT2D eigenvalue weighted by atomic mass is 35.5. The van der Waals surface area contributed by atoms with Gasteiger partial charge in [0.1, 0.15) is 0 Å². The van der Waals surface area contributed by atoms with Gasteiger partial charge >= 0.3 is 0 Å². The first-order chi connectivity index (χ1) is 8.36. The third-order valence-electron chi connectivity index (χ3n) is 5.41. The van der Waals surface area contributed by atoms with Gasteiger partial charge in [-0.15, -0.1) is 12.4 Å². The van der Waals surface area contributed by atoms with E-state index in [0.29, 0.717) is 0 Å². The van der Waals surface area contributed by atoms with Crippen LogP contribution in [0, 0.1) is 11.3 Å². The summed E-state index contributed by atoms with van der Waals surface area (Å²) in [6, 6.07) is 0. The van der Waals surface area contributed by atoms with Gasteiger partial charge in [-0.25, -0.2) is 0 Å². The normalized spacial score (nSPS) is 29.3. The van der Waals surface area contributed by atoms with E-state index in [0.717, 1.165) is 11.3 Å². The van der Waals surface area contributed by atoms with Crippen LogP contribution < -0.4 is 5.32 Å². The van der Waals surface area contributed by atoms with Crippen LogP contribution in [0.4, 0.5) is 0 Å². The van der Waals surface area contributed by atoms with Gasteiger partial charge in [0.05, 0.1) is 0 Å². The molecule has 0 amide bonds. The first kappa shape index (κ1) is 14.6. The summed E-state index contributed by atoms with van der Waals surface area (Å²) in [6.45, 7) is 6.72. The molecule has 0 unspecified atom stereocenters. The molecule has 2 heterocycles. The lowest BCUT2D eigenvalue weighted by Gasteiger charge is -2.34. The summed E-state index contributed by atoms with van der Waals surface area (Å²) in [4.78, 5) is 2.79. The lowest BCUT2D eigenvalue weighted by molar-refractivity contribution is 0.169. The highest BCUT2D eigenvalue weighted by Gasteiger charge is 2.39. The van der Waals surface area contributed by atoms with Crippen molar-refractivity contribution < 1.29 is 0 Å². The summed E-state index contributed by atoms with van der Waals surface area (Å²) in [5, 5.41) is 3.48. The Morgan fingerprint density at radius 1 is 1.00 bits per heavy atom. The molecule has 0 radical (unpaired) electrons. The number of likely N-dealkylation sites (tertiary alicyclic amines) is 1. The minimum Gasteiger partial charge on any atom is -0.317 e. The first-order valence-electron chi connectivity index (χ1n) is 7.79. The van der Waals surface area contributed by atoms with E-state index in [2.05, 4.69) is 10.2 Å². The molecule has 1 aliphatic carbocycles. The average molecular weight is 273 g/mol. The fourth-order valence-electron chi connectivity index (χ4n) is 4.32. The lowest BCUT2D eigenvalue weighted by Crippen LogP contribution is -2.36. The number of piperidine rings is 1. The molecule has 3 rings (SSSR count). The third kappa shape index (κ3) is 3.40. The smallest absolute Gasteiger partial charge is 0.00386 e. The number of nitrogens with zero attached hydrogens (tertiary/aromatic N) is 1. The SMILES string of the molecule is C1CCC2(CC1)CCN(CC1CCNCC1)C2.Cl. The van der Waals surface area contributed by atoms with Gasteiger partial charge in [0.15, 0.2) is 0 Å². The molecule has 1 saturated carbocycles. The Bertz CT molecular complexity index is 245. The molecule has 0 aromatic heterocycles. The molecule has 18 heavy (non-hydrogen) atoms. The minimum absolute atomic E-state index is 0. The van der Waals surface area contributed by atoms with Crippen LogP contribution in [-0.4, -0.2) is 37.6 Å². The Morgan fingerprint density at radius 3 is 2.44 bits per heavy atom. The van der Waals surface area contributed by atoms with E-state index in [1.165, 1.54) is 84.1 Å². The summed E-state index contributed by atoms with van der Waals surface area (Å²) in [7, 11) is 0. The van der Waals surface area contributed by atoms with Gasteiger partial charge in [-0.1, -0.05) is 19.3 Å². The van der Waals surface area contributed by atoms with Crippen molar-refractivity contribution in [3.8, 4) is 0 Å². The van der Waals surface area contributed by atoms with E-state index < -0.39 is 0 Å². The van der Waals surface area contributed by atoms with Gasteiger partial charge in [-0.2, -0.15) is 0 Å². The van der Waals surface area contributed by atoms with Crippen molar-refractivity contribution in [2.24, 2.45) is 11.3 Å². The number of hydrogen-bond donors (Lipinski definition) is 1. The molecule has 106 valence electrons. The summed E-state index contributed by atoms with van der Waals surface area (Å²) in [6.07, 6.45) is 11.9. The maximum Gasteiger partial charge on any atom is 0.00386 e. The second-order valence-corrected chi connectivity index (χ2v) is 6.74. The van der Waals surface area contributed by atoms with Crippen LogP contribution in [0.3, 0.4) is 0 Å². The molecule has 3 heteroatoms. The second kappa shape index (κ2) is 6.58. The molecule has 1 spiro atoms. The van der Waals surface area contributed by atoms with Crippen molar-refractivity contribution in [1.82, 2.24) is 10.2 Å². The predicted molar refractivity (Wildman–Crippen MR) is 79.4 cm³/mol. The van der Waals surface area contributed by atoms with Crippen LogP contribution in [0.1, 0.15) is 51.4 Å². The molecule has 0 aromatic carbocycles. The number of hydrogen-bond acceptors (Lipinski definition) is 2. The topological polar surface area (TPSA) is 15.3 Å². The van der Waals surface area contributed by atoms with Gasteiger partial charge in [0, 0.05) is 13.1 Å². The highest BCUT2D eigenvalue weighted by molar-refractivity contribution is 5.85. The quantitative estimate of drug-likeness (QED) is 0.831. The maximum absolute atomic E-state index is 3.48. The Labute approximate surface area is 118 Å². The van der Waals surface area contributed by atoms with Crippen molar-refractivity contribution in [1.29, 1.82) is 0 Å². The molecule has 0 atom stereocenters. The second-order valence-electron chi connectivity index (χ2n) is 6.74. The molecule has 0 bridgehead atoms. The molecule has 3 fully saturated rings. The Morgan fingerprint density at radius 2 is 1.72 bits per heavy atom. The molecule has 2 aliphatic heterocycles. The molecule has 3 aliphatic rings. The largest absolute Gasteiger partial charge is 0.317 e. The molecular formula is C15H29ClN2. The van der Waals surface area contributed by atoms with E-state index in [1.54, 1.807) is 0 Å². The van der Waals surface area contributed by atoms with Crippen LogP contribution in [-0.2, 0) is 0 Å². The van der Waals surface area contributed by atoms with Crippen LogP contribution in [0.5, 0.6) is 0 Å². The fraction of sp³-hybridized carbons (Fsp3) is 1.00. The zero-order valence-corrected chi connectivity index (χ0v) is 12.4. The van der Waals surface area contributed by atoms with Gasteiger partial charge in [0.2, 0.25) is 0 Å². The van der Waals surface area contributed by atoms with Gasteiger partial charge < -0.3 is 10.2 Å². The number of nitrogens with one attached hydrogen (secondary N) is 1. The summed E-state index contributed by atoms with van der Waals surface area (Å²) in [5.74, 6) is 0.981. The first-order valence-corrected chi connectivity index (χ1v) is 7.79. The number of halogens is 1. The Kier molecular flexibility index (Phi) is 5.35. The van der Waals surface area contributed by atoms with Crippen molar-refractivity contribution in [3.63, 3.8) is 0 Å². The maximum atomic E-state index is 3.48. The summed E-state index contributed by atoms with van der Waals surface area (Å²) >= 11 is 0.